The molecule has 2 N–H and O–H groups in total. The number of aliphatic hydroxyl groups is 1. The highest BCUT2D eigenvalue weighted by Gasteiger charge is 2.21. The maximum atomic E-state index is 11.6. The van der Waals surface area contributed by atoms with Gasteiger partial charge >= 0.3 is 0 Å². The Bertz CT molecular complexity index is 360. The molecule has 1 rings (SSSR count). The van der Waals surface area contributed by atoms with Crippen molar-refractivity contribution in [1.29, 1.82) is 0 Å². The van der Waals surface area contributed by atoms with Gasteiger partial charge in [-0.05, 0) is 21.0 Å². The third-order valence-electron chi connectivity index (χ3n) is 2.48. The van der Waals surface area contributed by atoms with Crippen LogP contribution in [-0.2, 0) is 11.3 Å². The van der Waals surface area contributed by atoms with Crippen molar-refractivity contribution in [3.63, 3.8) is 0 Å². The number of hydrogen-bond acceptors (Lipinski definition) is 4. The molecule has 0 fully saturated rings. The first kappa shape index (κ1) is 14.7. The summed E-state index contributed by atoms with van der Waals surface area (Å²) >= 11 is 0. The number of carbonyl (C=O) groups excluding carboxylic acids is 1. The Hall–Kier alpha value is -1.40. The second-order valence-corrected chi connectivity index (χ2v) is 5.06. The van der Waals surface area contributed by atoms with Crippen molar-refractivity contribution < 1.29 is 9.90 Å². The molecule has 1 amide bonds. The van der Waals surface area contributed by atoms with Gasteiger partial charge in [0.15, 0.2) is 0 Å². The van der Waals surface area contributed by atoms with Crippen molar-refractivity contribution in [2.75, 3.05) is 27.2 Å². The van der Waals surface area contributed by atoms with Gasteiger partial charge in [-0.15, -0.1) is 0 Å². The Morgan fingerprint density at radius 1 is 1.56 bits per heavy atom. The van der Waals surface area contributed by atoms with E-state index in [0.717, 1.165) is 0 Å². The molecule has 0 aliphatic carbocycles. The average molecular weight is 254 g/mol. The summed E-state index contributed by atoms with van der Waals surface area (Å²) in [6, 6.07) is 0. The minimum Gasteiger partial charge on any atom is -0.387 e. The van der Waals surface area contributed by atoms with E-state index < -0.39 is 5.60 Å². The van der Waals surface area contributed by atoms with E-state index in [9.17, 15) is 9.90 Å². The van der Waals surface area contributed by atoms with E-state index in [0.29, 0.717) is 19.5 Å². The summed E-state index contributed by atoms with van der Waals surface area (Å²) in [5.74, 6) is -0.0669. The lowest BCUT2D eigenvalue weighted by molar-refractivity contribution is -0.122. The third kappa shape index (κ3) is 5.79. The van der Waals surface area contributed by atoms with Gasteiger partial charge < -0.3 is 19.9 Å². The average Bonchev–Trinajstić information content (AvgIpc) is 2.74. The highest BCUT2D eigenvalue weighted by molar-refractivity contribution is 5.75. The molecule has 0 saturated carbocycles. The maximum Gasteiger partial charge on any atom is 0.221 e. The molecule has 0 radical (unpaired) electrons. The summed E-state index contributed by atoms with van der Waals surface area (Å²) < 4.78 is 1.84. The molecule has 102 valence electrons. The molecule has 1 aromatic rings. The van der Waals surface area contributed by atoms with Gasteiger partial charge in [-0.2, -0.15) is 0 Å². The number of nitrogens with one attached hydrogen (secondary N) is 1. The molecule has 0 saturated heterocycles. The number of hydrogen-bond donors (Lipinski definition) is 2. The molecule has 0 aliphatic heterocycles. The van der Waals surface area contributed by atoms with Gasteiger partial charge in [-0.1, -0.05) is 0 Å². The fraction of sp³-hybridized carbons (Fsp3) is 0.667. The number of nitrogens with zero attached hydrogens (tertiary/aromatic N) is 3. The zero-order chi connectivity index (χ0) is 13.6. The van der Waals surface area contributed by atoms with Crippen molar-refractivity contribution >= 4 is 5.91 Å². The number of imidazole rings is 1. The van der Waals surface area contributed by atoms with Crippen molar-refractivity contribution in [1.82, 2.24) is 19.8 Å². The van der Waals surface area contributed by atoms with Crippen molar-refractivity contribution in [3.8, 4) is 0 Å². The maximum absolute atomic E-state index is 11.6. The van der Waals surface area contributed by atoms with Crippen molar-refractivity contribution in [2.45, 2.75) is 25.5 Å². The fourth-order valence-electron chi connectivity index (χ4n) is 1.76. The van der Waals surface area contributed by atoms with Gasteiger partial charge in [0.1, 0.15) is 0 Å². The van der Waals surface area contributed by atoms with E-state index >= 15 is 0 Å². The minimum absolute atomic E-state index is 0.0669. The molecule has 18 heavy (non-hydrogen) atoms. The van der Waals surface area contributed by atoms with E-state index in [1.807, 2.05) is 29.8 Å². The lowest BCUT2D eigenvalue weighted by atomic mass is 10.1. The van der Waals surface area contributed by atoms with E-state index in [1.165, 1.54) is 0 Å². The van der Waals surface area contributed by atoms with Crippen LogP contribution in [0.15, 0.2) is 18.7 Å². The summed E-state index contributed by atoms with van der Waals surface area (Å²) in [7, 11) is 3.77. The number of amides is 1. The topological polar surface area (TPSA) is 70.4 Å². The largest absolute Gasteiger partial charge is 0.387 e. The fourth-order valence-corrected chi connectivity index (χ4v) is 1.76. The van der Waals surface area contributed by atoms with Gasteiger partial charge in [-0.25, -0.2) is 4.98 Å². The summed E-state index contributed by atoms with van der Waals surface area (Å²) in [6.07, 6.45) is 5.55. The molecule has 0 spiro atoms. The van der Waals surface area contributed by atoms with Gasteiger partial charge in [0.25, 0.3) is 0 Å². The quantitative estimate of drug-likeness (QED) is 0.701. The molecule has 1 atom stereocenters. The first-order valence-corrected chi connectivity index (χ1v) is 5.98. The smallest absolute Gasteiger partial charge is 0.221 e. The van der Waals surface area contributed by atoms with Gasteiger partial charge in [-0.3, -0.25) is 4.79 Å². The molecule has 1 unspecified atom stereocenters. The van der Waals surface area contributed by atoms with Crippen LogP contribution < -0.4 is 5.32 Å². The van der Waals surface area contributed by atoms with E-state index in [-0.39, 0.29) is 12.5 Å². The van der Waals surface area contributed by atoms with Crippen LogP contribution in [0.2, 0.25) is 0 Å². The van der Waals surface area contributed by atoms with Crippen LogP contribution in [0.3, 0.4) is 0 Å². The molecule has 1 heterocycles. The van der Waals surface area contributed by atoms with Gasteiger partial charge in [0.2, 0.25) is 5.91 Å². The zero-order valence-corrected chi connectivity index (χ0v) is 11.3. The number of rotatable bonds is 7. The number of likely N-dealkylation sites (N-methyl/N-ethyl adjacent to an activating group) is 1. The second-order valence-electron chi connectivity index (χ2n) is 5.06. The molecule has 6 nitrogen and oxygen atoms in total. The Balaban J connectivity index is 2.24. The Kier molecular flexibility index (Phi) is 5.30. The first-order chi connectivity index (χ1) is 8.39. The molecule has 0 bridgehead atoms. The second kappa shape index (κ2) is 6.51. The third-order valence-corrected chi connectivity index (χ3v) is 2.48. The summed E-state index contributed by atoms with van der Waals surface area (Å²) in [5.41, 5.74) is -0.909. The van der Waals surface area contributed by atoms with Crippen molar-refractivity contribution in [3.05, 3.63) is 18.7 Å². The van der Waals surface area contributed by atoms with Crippen LogP contribution in [0.5, 0.6) is 0 Å². The number of carbonyl (C=O) groups is 1. The standard InChI is InChI=1S/C12H22N4O2/c1-12(18,9-15(2)3)8-14-11(17)4-6-16-7-5-13-10-16/h5,7,10,18H,4,6,8-9H2,1-3H3,(H,14,17). The molecular weight excluding hydrogens is 232 g/mol. The monoisotopic (exact) mass is 254 g/mol. The van der Waals surface area contributed by atoms with Gasteiger partial charge in [0, 0.05) is 38.4 Å². The van der Waals surface area contributed by atoms with Crippen LogP contribution in [0.4, 0.5) is 0 Å². The van der Waals surface area contributed by atoms with E-state index in [1.54, 1.807) is 19.4 Å². The summed E-state index contributed by atoms with van der Waals surface area (Å²) in [6.45, 7) is 3.08. The molecule has 0 aliphatic rings. The van der Waals surface area contributed by atoms with E-state index in [4.69, 9.17) is 0 Å². The lowest BCUT2D eigenvalue weighted by Gasteiger charge is -2.27. The zero-order valence-electron chi connectivity index (χ0n) is 11.3. The summed E-state index contributed by atoms with van der Waals surface area (Å²) in [5, 5.41) is 12.8. The Morgan fingerprint density at radius 3 is 2.83 bits per heavy atom. The van der Waals surface area contributed by atoms with E-state index in [2.05, 4.69) is 10.3 Å². The van der Waals surface area contributed by atoms with Gasteiger partial charge in [0.05, 0.1) is 11.9 Å². The van der Waals surface area contributed by atoms with Crippen LogP contribution in [0, 0.1) is 0 Å². The van der Waals surface area contributed by atoms with Crippen LogP contribution in [-0.4, -0.2) is 58.3 Å². The first-order valence-electron chi connectivity index (χ1n) is 5.98. The Labute approximate surface area is 108 Å². The highest BCUT2D eigenvalue weighted by Crippen LogP contribution is 2.02. The molecule has 0 aromatic carbocycles. The van der Waals surface area contributed by atoms with Crippen LogP contribution >= 0.6 is 0 Å². The predicted molar refractivity (Wildman–Crippen MR) is 69.0 cm³/mol. The lowest BCUT2D eigenvalue weighted by Crippen LogP contribution is -2.47. The normalized spacial score (nSPS) is 14.5. The highest BCUT2D eigenvalue weighted by atomic mass is 16.3. The van der Waals surface area contributed by atoms with Crippen LogP contribution in [0.25, 0.3) is 0 Å². The summed E-state index contributed by atoms with van der Waals surface area (Å²) in [4.78, 5) is 17.4. The number of aromatic nitrogens is 2. The van der Waals surface area contributed by atoms with Crippen molar-refractivity contribution in [2.24, 2.45) is 0 Å². The van der Waals surface area contributed by atoms with Crippen LogP contribution in [0.1, 0.15) is 13.3 Å². The molecule has 1 aromatic heterocycles. The number of aryl methyl sites for hydroxylation is 1. The molecular formula is C12H22N4O2. The predicted octanol–water partition coefficient (Wildman–Crippen LogP) is -0.298. The SMILES string of the molecule is CN(C)CC(C)(O)CNC(=O)CCn1ccnc1. The minimum atomic E-state index is -0.909. The Morgan fingerprint density at radius 2 is 2.28 bits per heavy atom. The molecule has 6 heteroatoms.